The van der Waals surface area contributed by atoms with Crippen LogP contribution in [0, 0.1) is 19.3 Å². The van der Waals surface area contributed by atoms with Crippen molar-refractivity contribution < 1.29 is 5.11 Å². The standard InChI is InChI=1S/C15H24N2O/c1-11-9-12(2)16-14(13(11)10-18)17-7-5-15(3,4)6-8-17/h9,18H,5-8,10H2,1-4H3. The average molecular weight is 248 g/mol. The van der Waals surface area contributed by atoms with Crippen molar-refractivity contribution in [3.05, 3.63) is 22.9 Å². The van der Waals surface area contributed by atoms with Crippen molar-refractivity contribution in [2.45, 2.75) is 47.1 Å². The van der Waals surface area contributed by atoms with E-state index in [1.807, 2.05) is 13.0 Å². The van der Waals surface area contributed by atoms with E-state index < -0.39 is 0 Å². The number of nitrogens with zero attached hydrogens (tertiary/aromatic N) is 2. The molecule has 1 aliphatic heterocycles. The fraction of sp³-hybridized carbons (Fsp3) is 0.667. The lowest BCUT2D eigenvalue weighted by Gasteiger charge is -2.38. The van der Waals surface area contributed by atoms with Crippen molar-refractivity contribution in [2.75, 3.05) is 18.0 Å². The molecule has 2 heterocycles. The molecule has 3 heteroatoms. The second-order valence-electron chi connectivity index (χ2n) is 6.19. The summed E-state index contributed by atoms with van der Waals surface area (Å²) in [6.07, 6.45) is 2.37. The van der Waals surface area contributed by atoms with E-state index in [1.165, 1.54) is 12.8 Å². The molecule has 100 valence electrons. The maximum absolute atomic E-state index is 9.56. The van der Waals surface area contributed by atoms with Gasteiger partial charge in [-0.3, -0.25) is 0 Å². The van der Waals surface area contributed by atoms with Crippen molar-refractivity contribution in [2.24, 2.45) is 5.41 Å². The first kappa shape index (κ1) is 13.3. The van der Waals surface area contributed by atoms with E-state index in [4.69, 9.17) is 0 Å². The van der Waals surface area contributed by atoms with Gasteiger partial charge >= 0.3 is 0 Å². The summed E-state index contributed by atoms with van der Waals surface area (Å²) in [5.74, 6) is 0.991. The molecule has 0 unspecified atom stereocenters. The first-order chi connectivity index (χ1) is 8.43. The number of aromatic nitrogens is 1. The van der Waals surface area contributed by atoms with Gasteiger partial charge in [0.15, 0.2) is 0 Å². The maximum Gasteiger partial charge on any atom is 0.134 e. The van der Waals surface area contributed by atoms with Crippen molar-refractivity contribution >= 4 is 5.82 Å². The Morgan fingerprint density at radius 1 is 1.28 bits per heavy atom. The van der Waals surface area contributed by atoms with Crippen LogP contribution in [0.4, 0.5) is 5.82 Å². The van der Waals surface area contributed by atoms with Gasteiger partial charge in [-0.25, -0.2) is 4.98 Å². The number of pyridine rings is 1. The number of rotatable bonds is 2. The van der Waals surface area contributed by atoms with Crippen LogP contribution >= 0.6 is 0 Å². The third kappa shape index (κ3) is 2.66. The zero-order chi connectivity index (χ0) is 13.3. The van der Waals surface area contributed by atoms with Gasteiger partial charge in [-0.05, 0) is 43.7 Å². The summed E-state index contributed by atoms with van der Waals surface area (Å²) in [4.78, 5) is 6.97. The minimum atomic E-state index is 0.0777. The first-order valence-electron chi connectivity index (χ1n) is 6.76. The third-order valence-electron chi connectivity index (χ3n) is 4.03. The predicted octanol–water partition coefficient (Wildman–Crippen LogP) is 2.82. The number of hydrogen-bond acceptors (Lipinski definition) is 3. The zero-order valence-corrected chi connectivity index (χ0v) is 12.0. The van der Waals surface area contributed by atoms with Crippen molar-refractivity contribution in [1.82, 2.24) is 4.98 Å². The first-order valence-corrected chi connectivity index (χ1v) is 6.76. The number of aryl methyl sites for hydroxylation is 2. The molecule has 2 rings (SSSR count). The smallest absolute Gasteiger partial charge is 0.134 e. The van der Waals surface area contributed by atoms with Gasteiger partial charge < -0.3 is 10.0 Å². The van der Waals surface area contributed by atoms with Crippen LogP contribution in [-0.4, -0.2) is 23.2 Å². The normalized spacial score (nSPS) is 19.1. The molecule has 1 saturated heterocycles. The average Bonchev–Trinajstić information content (AvgIpc) is 2.28. The Bertz CT molecular complexity index is 430. The molecule has 0 aliphatic carbocycles. The molecule has 1 aliphatic rings. The highest BCUT2D eigenvalue weighted by Crippen LogP contribution is 2.33. The summed E-state index contributed by atoms with van der Waals surface area (Å²) in [6, 6.07) is 2.04. The van der Waals surface area contributed by atoms with Crippen LogP contribution in [-0.2, 0) is 6.61 Å². The topological polar surface area (TPSA) is 36.4 Å². The molecule has 0 atom stereocenters. The molecule has 3 nitrogen and oxygen atoms in total. The zero-order valence-electron chi connectivity index (χ0n) is 12.0. The minimum Gasteiger partial charge on any atom is -0.392 e. The molecule has 1 aromatic rings. The van der Waals surface area contributed by atoms with Gasteiger partial charge in [-0.15, -0.1) is 0 Å². The van der Waals surface area contributed by atoms with Crippen LogP contribution in [0.5, 0.6) is 0 Å². The molecule has 1 fully saturated rings. The van der Waals surface area contributed by atoms with E-state index in [1.54, 1.807) is 0 Å². The molecule has 0 radical (unpaired) electrons. The van der Waals surface area contributed by atoms with Crippen LogP contribution in [0.25, 0.3) is 0 Å². The number of piperidine rings is 1. The summed E-state index contributed by atoms with van der Waals surface area (Å²) in [5, 5.41) is 9.56. The number of hydrogen-bond donors (Lipinski definition) is 1. The summed E-state index contributed by atoms with van der Waals surface area (Å²) in [6.45, 7) is 10.9. The Balaban J connectivity index is 2.28. The summed E-state index contributed by atoms with van der Waals surface area (Å²) in [5.41, 5.74) is 3.60. The van der Waals surface area contributed by atoms with E-state index in [0.29, 0.717) is 5.41 Å². The van der Waals surface area contributed by atoms with Crippen molar-refractivity contribution in [1.29, 1.82) is 0 Å². The molecule has 1 N–H and O–H groups in total. The molecule has 0 spiro atoms. The van der Waals surface area contributed by atoms with E-state index in [-0.39, 0.29) is 6.61 Å². The van der Waals surface area contributed by atoms with Gasteiger partial charge in [0.1, 0.15) is 5.82 Å². The highest BCUT2D eigenvalue weighted by molar-refractivity contribution is 5.51. The Morgan fingerprint density at radius 2 is 1.89 bits per heavy atom. The van der Waals surface area contributed by atoms with Crippen LogP contribution in [0.3, 0.4) is 0 Å². The third-order valence-corrected chi connectivity index (χ3v) is 4.03. The van der Waals surface area contributed by atoms with Gasteiger partial charge in [-0.1, -0.05) is 13.8 Å². The number of aliphatic hydroxyl groups is 1. The van der Waals surface area contributed by atoms with Gasteiger partial charge in [-0.2, -0.15) is 0 Å². The second-order valence-corrected chi connectivity index (χ2v) is 6.19. The summed E-state index contributed by atoms with van der Waals surface area (Å²) < 4.78 is 0. The predicted molar refractivity (Wildman–Crippen MR) is 74.9 cm³/mol. The van der Waals surface area contributed by atoms with Crippen molar-refractivity contribution in [3.63, 3.8) is 0 Å². The molecule has 0 saturated carbocycles. The van der Waals surface area contributed by atoms with E-state index in [0.717, 1.165) is 35.7 Å². The minimum absolute atomic E-state index is 0.0777. The van der Waals surface area contributed by atoms with Crippen LogP contribution in [0.15, 0.2) is 6.07 Å². The highest BCUT2D eigenvalue weighted by Gasteiger charge is 2.27. The van der Waals surface area contributed by atoms with Crippen molar-refractivity contribution in [3.8, 4) is 0 Å². The van der Waals surface area contributed by atoms with Gasteiger partial charge in [0, 0.05) is 24.3 Å². The second kappa shape index (κ2) is 4.88. The van der Waals surface area contributed by atoms with Crippen LogP contribution < -0.4 is 4.90 Å². The van der Waals surface area contributed by atoms with E-state index in [9.17, 15) is 5.11 Å². The Kier molecular flexibility index (Phi) is 3.62. The largest absolute Gasteiger partial charge is 0.392 e. The highest BCUT2D eigenvalue weighted by atomic mass is 16.3. The molecular weight excluding hydrogens is 224 g/mol. The van der Waals surface area contributed by atoms with Crippen LogP contribution in [0.2, 0.25) is 0 Å². The number of anilines is 1. The quantitative estimate of drug-likeness (QED) is 0.874. The molecule has 0 amide bonds. The molecule has 0 aromatic carbocycles. The lowest BCUT2D eigenvalue weighted by molar-refractivity contribution is 0.271. The summed E-state index contributed by atoms with van der Waals surface area (Å²) in [7, 11) is 0. The molecule has 1 aromatic heterocycles. The fourth-order valence-corrected chi connectivity index (χ4v) is 2.62. The van der Waals surface area contributed by atoms with E-state index in [2.05, 4.69) is 30.7 Å². The Morgan fingerprint density at radius 3 is 2.44 bits per heavy atom. The van der Waals surface area contributed by atoms with Crippen LogP contribution in [0.1, 0.15) is 43.5 Å². The van der Waals surface area contributed by atoms with E-state index >= 15 is 0 Å². The lowest BCUT2D eigenvalue weighted by atomic mass is 9.82. The maximum atomic E-state index is 9.56. The summed E-state index contributed by atoms with van der Waals surface area (Å²) >= 11 is 0. The molecule has 0 bridgehead atoms. The van der Waals surface area contributed by atoms with Gasteiger partial charge in [0.25, 0.3) is 0 Å². The molecule has 18 heavy (non-hydrogen) atoms. The molecular formula is C15H24N2O. The Labute approximate surface area is 110 Å². The Hall–Kier alpha value is -1.09. The monoisotopic (exact) mass is 248 g/mol. The van der Waals surface area contributed by atoms with Gasteiger partial charge in [0.05, 0.1) is 6.61 Å². The fourth-order valence-electron chi connectivity index (χ4n) is 2.62. The SMILES string of the molecule is Cc1cc(C)c(CO)c(N2CCC(C)(C)CC2)n1. The van der Waals surface area contributed by atoms with Gasteiger partial charge in [0.2, 0.25) is 0 Å². The number of aliphatic hydroxyl groups excluding tert-OH is 1. The lowest BCUT2D eigenvalue weighted by Crippen LogP contribution is -2.38.